The first-order chi connectivity index (χ1) is 11.1. The molecule has 1 aromatic rings. The van der Waals surface area contributed by atoms with Gasteiger partial charge in [-0.1, -0.05) is 23.7 Å². The fourth-order valence-electron chi connectivity index (χ4n) is 3.31. The van der Waals surface area contributed by atoms with Gasteiger partial charge in [-0.25, -0.2) is 0 Å². The van der Waals surface area contributed by atoms with E-state index in [-0.39, 0.29) is 11.9 Å². The van der Waals surface area contributed by atoms with Crippen molar-refractivity contribution in [3.8, 4) is 0 Å². The highest BCUT2D eigenvalue weighted by Crippen LogP contribution is 2.28. The maximum absolute atomic E-state index is 12.6. The minimum atomic E-state index is -0.787. The van der Waals surface area contributed by atoms with Crippen molar-refractivity contribution in [2.75, 3.05) is 31.2 Å². The summed E-state index contributed by atoms with van der Waals surface area (Å²) in [5, 5.41) is 3.89. The number of amides is 1. The van der Waals surface area contributed by atoms with Gasteiger partial charge < -0.3 is 20.7 Å². The Hall–Kier alpha value is -1.30. The number of hydrogen-bond donors (Lipinski definition) is 2. The molecule has 6 heteroatoms. The maximum atomic E-state index is 12.6. The maximum Gasteiger partial charge on any atom is 0.240 e. The fraction of sp³-hybridized carbons (Fsp3) is 0.588. The van der Waals surface area contributed by atoms with E-state index in [0.29, 0.717) is 26.1 Å². The summed E-state index contributed by atoms with van der Waals surface area (Å²) in [5.41, 5.74) is 6.51. The molecule has 3 N–H and O–H groups in total. The number of rotatable bonds is 3. The number of ether oxygens (including phenoxy) is 1. The molecule has 1 aromatic carbocycles. The molecule has 23 heavy (non-hydrogen) atoms. The molecule has 2 fully saturated rings. The number of nitrogens with two attached hydrogens (primary N) is 1. The molecule has 2 aliphatic rings. The lowest BCUT2D eigenvalue weighted by molar-refractivity contribution is -0.130. The number of carbonyl (C=O) groups is 1. The molecule has 3 rings (SSSR count). The number of benzene rings is 1. The van der Waals surface area contributed by atoms with Crippen LogP contribution in [-0.4, -0.2) is 43.8 Å². The van der Waals surface area contributed by atoms with Crippen molar-refractivity contribution in [1.82, 2.24) is 5.32 Å². The van der Waals surface area contributed by atoms with E-state index in [2.05, 4.69) is 10.2 Å². The Morgan fingerprint density at radius 2 is 2.09 bits per heavy atom. The molecule has 1 unspecified atom stereocenters. The zero-order valence-corrected chi connectivity index (χ0v) is 14.0. The lowest BCUT2D eigenvalue weighted by atomic mass is 9.89. The van der Waals surface area contributed by atoms with Crippen molar-refractivity contribution < 1.29 is 9.53 Å². The molecule has 0 saturated carbocycles. The fourth-order valence-corrected chi connectivity index (χ4v) is 3.57. The molecule has 0 aromatic heterocycles. The first-order valence-electron chi connectivity index (χ1n) is 8.25. The second-order valence-electron chi connectivity index (χ2n) is 6.48. The molecule has 0 spiro atoms. The number of halogens is 1. The summed E-state index contributed by atoms with van der Waals surface area (Å²) in [6.45, 7) is 2.83. The SMILES string of the molecule is NC1(C(=O)NC2CCCN(c3ccccc3Cl)C2)CCOCC1. The van der Waals surface area contributed by atoms with Gasteiger partial charge in [0.1, 0.15) is 0 Å². The van der Waals surface area contributed by atoms with Crippen LogP contribution in [0.15, 0.2) is 24.3 Å². The van der Waals surface area contributed by atoms with Gasteiger partial charge in [0.25, 0.3) is 0 Å². The van der Waals surface area contributed by atoms with Gasteiger partial charge in [0.2, 0.25) is 5.91 Å². The van der Waals surface area contributed by atoms with Crippen LogP contribution in [-0.2, 0) is 9.53 Å². The number of hydrogen-bond acceptors (Lipinski definition) is 4. The van der Waals surface area contributed by atoms with E-state index in [4.69, 9.17) is 22.1 Å². The second kappa shape index (κ2) is 7.07. The van der Waals surface area contributed by atoms with Crippen molar-refractivity contribution in [2.45, 2.75) is 37.3 Å². The molecule has 2 saturated heterocycles. The van der Waals surface area contributed by atoms with Crippen LogP contribution in [0.3, 0.4) is 0 Å². The second-order valence-corrected chi connectivity index (χ2v) is 6.89. The van der Waals surface area contributed by atoms with Crippen molar-refractivity contribution >= 4 is 23.2 Å². The van der Waals surface area contributed by atoms with Crippen LogP contribution in [0.25, 0.3) is 0 Å². The molecular weight excluding hydrogens is 314 g/mol. The van der Waals surface area contributed by atoms with Crippen LogP contribution in [0.2, 0.25) is 5.02 Å². The van der Waals surface area contributed by atoms with Crippen molar-refractivity contribution in [2.24, 2.45) is 5.73 Å². The van der Waals surface area contributed by atoms with Crippen LogP contribution in [0.5, 0.6) is 0 Å². The Morgan fingerprint density at radius 3 is 2.83 bits per heavy atom. The first kappa shape index (κ1) is 16.6. The van der Waals surface area contributed by atoms with Gasteiger partial charge in [0.05, 0.1) is 16.2 Å². The third-order valence-corrected chi connectivity index (χ3v) is 5.11. The molecule has 0 bridgehead atoms. The van der Waals surface area contributed by atoms with Crippen LogP contribution in [0.4, 0.5) is 5.69 Å². The summed E-state index contributed by atoms with van der Waals surface area (Å²) in [5.74, 6) is -0.0493. The quantitative estimate of drug-likeness (QED) is 0.884. The molecule has 1 amide bonds. The van der Waals surface area contributed by atoms with Gasteiger partial charge in [-0.15, -0.1) is 0 Å². The lowest BCUT2D eigenvalue weighted by Gasteiger charge is -2.38. The summed E-state index contributed by atoms with van der Waals surface area (Å²) < 4.78 is 5.31. The number of piperidine rings is 1. The Balaban J connectivity index is 1.63. The Morgan fingerprint density at radius 1 is 1.35 bits per heavy atom. The summed E-state index contributed by atoms with van der Waals surface area (Å²) in [4.78, 5) is 14.8. The van der Waals surface area contributed by atoms with Gasteiger partial charge in [-0.05, 0) is 37.8 Å². The summed E-state index contributed by atoms with van der Waals surface area (Å²) in [7, 11) is 0. The van der Waals surface area contributed by atoms with Gasteiger partial charge in [-0.2, -0.15) is 0 Å². The number of para-hydroxylation sites is 1. The van der Waals surface area contributed by atoms with E-state index >= 15 is 0 Å². The third-order valence-electron chi connectivity index (χ3n) is 4.79. The summed E-state index contributed by atoms with van der Waals surface area (Å²) in [6, 6.07) is 7.94. The van der Waals surface area contributed by atoms with Crippen LogP contribution < -0.4 is 16.0 Å². The van der Waals surface area contributed by atoms with E-state index in [1.165, 1.54) is 0 Å². The van der Waals surface area contributed by atoms with E-state index in [9.17, 15) is 4.79 Å². The van der Waals surface area contributed by atoms with Crippen LogP contribution in [0, 0.1) is 0 Å². The highest BCUT2D eigenvalue weighted by Gasteiger charge is 2.37. The normalized spacial score (nSPS) is 24.3. The number of anilines is 1. The minimum Gasteiger partial charge on any atom is -0.381 e. The van der Waals surface area contributed by atoms with Crippen molar-refractivity contribution in [3.63, 3.8) is 0 Å². The predicted octanol–water partition coefficient (Wildman–Crippen LogP) is 1.93. The number of carbonyl (C=O) groups excluding carboxylic acids is 1. The monoisotopic (exact) mass is 337 g/mol. The molecule has 5 nitrogen and oxygen atoms in total. The van der Waals surface area contributed by atoms with Crippen LogP contribution >= 0.6 is 11.6 Å². The topological polar surface area (TPSA) is 67.6 Å². The highest BCUT2D eigenvalue weighted by atomic mass is 35.5. The average Bonchev–Trinajstić information content (AvgIpc) is 2.56. The summed E-state index contributed by atoms with van der Waals surface area (Å²) >= 11 is 6.29. The number of nitrogens with zero attached hydrogens (tertiary/aromatic N) is 1. The predicted molar refractivity (Wildman–Crippen MR) is 91.8 cm³/mol. The molecular formula is C17H24ClN3O2. The molecule has 1 atom stereocenters. The Labute approximate surface area is 142 Å². The number of nitrogens with one attached hydrogen (secondary N) is 1. The lowest BCUT2D eigenvalue weighted by Crippen LogP contribution is -2.60. The van der Waals surface area contributed by atoms with Gasteiger partial charge in [0.15, 0.2) is 0 Å². The van der Waals surface area contributed by atoms with Crippen molar-refractivity contribution in [3.05, 3.63) is 29.3 Å². The van der Waals surface area contributed by atoms with Gasteiger partial charge in [-0.3, -0.25) is 4.79 Å². The zero-order chi connectivity index (χ0) is 16.3. The van der Waals surface area contributed by atoms with Gasteiger partial charge >= 0.3 is 0 Å². The third kappa shape index (κ3) is 3.79. The molecule has 2 aliphatic heterocycles. The largest absolute Gasteiger partial charge is 0.381 e. The van der Waals surface area contributed by atoms with Gasteiger partial charge in [0, 0.05) is 32.3 Å². The van der Waals surface area contributed by atoms with E-state index in [1.807, 2.05) is 24.3 Å². The zero-order valence-electron chi connectivity index (χ0n) is 13.3. The van der Waals surface area contributed by atoms with Crippen LogP contribution in [0.1, 0.15) is 25.7 Å². The standard InChI is InChI=1S/C17H24ClN3O2/c18-14-5-1-2-6-15(14)21-9-3-4-13(12-21)20-16(22)17(19)7-10-23-11-8-17/h1-2,5-6,13H,3-4,7-12,19H2,(H,20,22). The van der Waals surface area contributed by atoms with E-state index < -0.39 is 5.54 Å². The van der Waals surface area contributed by atoms with E-state index in [1.54, 1.807) is 0 Å². The highest BCUT2D eigenvalue weighted by molar-refractivity contribution is 6.33. The smallest absolute Gasteiger partial charge is 0.240 e. The minimum absolute atomic E-state index is 0.0493. The first-order valence-corrected chi connectivity index (χ1v) is 8.63. The summed E-state index contributed by atoms with van der Waals surface area (Å²) in [6.07, 6.45) is 3.16. The Bertz CT molecular complexity index is 561. The molecule has 0 aliphatic carbocycles. The molecule has 126 valence electrons. The van der Waals surface area contributed by atoms with Crippen molar-refractivity contribution in [1.29, 1.82) is 0 Å². The Kier molecular flexibility index (Phi) is 5.09. The molecule has 2 heterocycles. The molecule has 0 radical (unpaired) electrons. The average molecular weight is 338 g/mol. The van der Waals surface area contributed by atoms with E-state index in [0.717, 1.165) is 36.6 Å².